The van der Waals surface area contributed by atoms with Crippen molar-refractivity contribution in [3.8, 4) is 0 Å². The first-order valence-electron chi connectivity index (χ1n) is 15.3. The molecule has 10 nitrogen and oxygen atoms in total. The van der Waals surface area contributed by atoms with E-state index in [1.807, 2.05) is 0 Å². The van der Waals surface area contributed by atoms with Crippen LogP contribution < -0.4 is 0 Å². The molecule has 15 atom stereocenters. The van der Waals surface area contributed by atoms with Crippen LogP contribution in [0.2, 0.25) is 0 Å². The zero-order valence-electron chi connectivity index (χ0n) is 23.9. The highest BCUT2D eigenvalue weighted by Gasteiger charge is 2.63. The molecule has 0 aromatic carbocycles. The molecule has 6 N–H and O–H groups in total. The minimum Gasteiger partial charge on any atom is -0.479 e. The van der Waals surface area contributed by atoms with Crippen LogP contribution in [0.15, 0.2) is 0 Å². The number of aliphatic carboxylic acids is 1. The van der Waals surface area contributed by atoms with Crippen molar-refractivity contribution >= 4 is 11.9 Å². The predicted octanol–water partition coefficient (Wildman–Crippen LogP) is 1.83. The van der Waals surface area contributed by atoms with Crippen LogP contribution in [0.5, 0.6) is 0 Å². The number of carbonyl (C=O) groups excluding carboxylic acids is 1. The standard InChI is InChI=1S/C30H48O10/c1-14(4-7-21(33)39-28-25(36)23(34)24(35)26(40-28)27(37)38)17-5-6-18-22-19(9-11-30(17,18)3)29(2)10-8-16(31)12-15(29)13-20(22)32/h14-20,22-26,28,31-32,34-36H,4-13H2,1-3H3,(H,37,38)/t14-,15+,16-,17-,18+,19+,20+,22-,23-,24-,25+,26+,28+,29+,30-/m1/s1. The first-order valence-corrected chi connectivity index (χ1v) is 15.3. The summed E-state index contributed by atoms with van der Waals surface area (Å²) < 4.78 is 10.3. The van der Waals surface area contributed by atoms with Crippen LogP contribution in [-0.2, 0) is 19.1 Å². The van der Waals surface area contributed by atoms with E-state index in [4.69, 9.17) is 9.47 Å². The van der Waals surface area contributed by atoms with Crippen LogP contribution >= 0.6 is 0 Å². The molecule has 4 saturated carbocycles. The molecule has 0 aromatic rings. The maximum absolute atomic E-state index is 12.7. The highest BCUT2D eigenvalue weighted by molar-refractivity contribution is 5.73. The van der Waals surface area contributed by atoms with E-state index in [0.29, 0.717) is 30.1 Å². The van der Waals surface area contributed by atoms with Crippen molar-refractivity contribution in [3.63, 3.8) is 0 Å². The van der Waals surface area contributed by atoms with E-state index in [1.54, 1.807) is 0 Å². The highest BCUT2D eigenvalue weighted by Crippen LogP contribution is 2.68. The monoisotopic (exact) mass is 568 g/mol. The summed E-state index contributed by atoms with van der Waals surface area (Å²) in [5.74, 6) is -0.0366. The molecular formula is C30H48O10. The van der Waals surface area contributed by atoms with Gasteiger partial charge in [-0.1, -0.05) is 20.8 Å². The quantitative estimate of drug-likeness (QED) is 0.259. The average molecular weight is 569 g/mol. The fourth-order valence-corrected chi connectivity index (χ4v) is 10.1. The summed E-state index contributed by atoms with van der Waals surface area (Å²) in [4.78, 5) is 24.0. The van der Waals surface area contributed by atoms with Crippen molar-refractivity contribution in [1.29, 1.82) is 0 Å². The molecule has 5 aliphatic rings. The second-order valence-corrected chi connectivity index (χ2v) is 14.2. The summed E-state index contributed by atoms with van der Waals surface area (Å²) in [6.45, 7) is 6.93. The largest absolute Gasteiger partial charge is 0.479 e. The number of hydrogen-bond acceptors (Lipinski definition) is 9. The third-order valence-corrected chi connectivity index (χ3v) is 12.3. The van der Waals surface area contributed by atoms with Crippen molar-refractivity contribution in [2.75, 3.05) is 0 Å². The molecule has 0 aromatic heterocycles. The Morgan fingerprint density at radius 2 is 1.57 bits per heavy atom. The number of aliphatic hydroxyl groups excluding tert-OH is 5. The SMILES string of the molecule is C[C@H](CCC(=O)O[C@H]1O[C@H](C(=O)O)[C@H](O)[C@@H](O)[C@@H]1O)[C@H]1CC[C@H]2[C@H]3[C@@H](O)C[C@@H]4C[C@H](O)CC[C@]4(C)[C@H]3CC[C@]12C. The number of fused-ring (bicyclic) bond motifs is 5. The average Bonchev–Trinajstić information content (AvgIpc) is 3.25. The van der Waals surface area contributed by atoms with Gasteiger partial charge in [0.15, 0.2) is 6.10 Å². The first kappa shape index (κ1) is 30.2. The number of esters is 1. The van der Waals surface area contributed by atoms with Gasteiger partial charge in [-0.15, -0.1) is 0 Å². The Kier molecular flexibility index (Phi) is 8.36. The third-order valence-electron chi connectivity index (χ3n) is 12.3. The maximum Gasteiger partial charge on any atom is 0.335 e. The number of carbonyl (C=O) groups is 2. The highest BCUT2D eigenvalue weighted by atomic mass is 16.7. The lowest BCUT2D eigenvalue weighted by atomic mass is 9.43. The summed E-state index contributed by atoms with van der Waals surface area (Å²) in [5, 5.41) is 60.9. The molecule has 4 aliphatic carbocycles. The molecule has 5 fully saturated rings. The van der Waals surface area contributed by atoms with E-state index in [2.05, 4.69) is 20.8 Å². The van der Waals surface area contributed by atoms with Crippen molar-refractivity contribution < 1.29 is 49.7 Å². The second-order valence-electron chi connectivity index (χ2n) is 14.2. The fraction of sp³-hybridized carbons (Fsp3) is 0.933. The minimum atomic E-state index is -1.84. The van der Waals surface area contributed by atoms with Crippen molar-refractivity contribution in [3.05, 3.63) is 0 Å². The summed E-state index contributed by atoms with van der Waals surface area (Å²) in [6.07, 6.45) is -1.15. The molecule has 10 heteroatoms. The topological polar surface area (TPSA) is 174 Å². The Morgan fingerprint density at radius 1 is 0.900 bits per heavy atom. The molecule has 0 spiro atoms. The van der Waals surface area contributed by atoms with E-state index in [1.165, 1.54) is 0 Å². The minimum absolute atomic E-state index is 0.0537. The van der Waals surface area contributed by atoms with Gasteiger partial charge in [0.1, 0.15) is 18.3 Å². The molecule has 228 valence electrons. The Bertz CT molecular complexity index is 959. The zero-order valence-corrected chi connectivity index (χ0v) is 23.9. The fourth-order valence-electron chi connectivity index (χ4n) is 10.1. The predicted molar refractivity (Wildman–Crippen MR) is 141 cm³/mol. The van der Waals surface area contributed by atoms with E-state index in [-0.39, 0.29) is 41.3 Å². The van der Waals surface area contributed by atoms with Gasteiger partial charge in [-0.25, -0.2) is 4.79 Å². The molecule has 0 radical (unpaired) electrons. The first-order chi connectivity index (χ1) is 18.8. The Morgan fingerprint density at radius 3 is 2.27 bits per heavy atom. The molecule has 1 aliphatic heterocycles. The third kappa shape index (κ3) is 5.00. The molecule has 0 amide bonds. The van der Waals surface area contributed by atoms with E-state index in [9.17, 15) is 40.2 Å². The summed E-state index contributed by atoms with van der Waals surface area (Å²) in [6, 6.07) is 0. The normalized spacial score (nSPS) is 51.2. The van der Waals surface area contributed by atoms with E-state index in [0.717, 1.165) is 51.4 Å². The van der Waals surface area contributed by atoms with Crippen molar-refractivity contribution in [1.82, 2.24) is 0 Å². The molecule has 0 bridgehead atoms. The number of hydrogen-bond donors (Lipinski definition) is 6. The number of rotatable bonds is 6. The van der Waals surface area contributed by atoms with Crippen LogP contribution in [0.3, 0.4) is 0 Å². The molecular weight excluding hydrogens is 520 g/mol. The molecule has 5 rings (SSSR count). The van der Waals surface area contributed by atoms with Gasteiger partial charge >= 0.3 is 11.9 Å². The van der Waals surface area contributed by atoms with E-state index < -0.39 is 42.6 Å². The summed E-state index contributed by atoms with van der Waals surface area (Å²) in [7, 11) is 0. The van der Waals surface area contributed by atoms with Crippen LogP contribution in [0.1, 0.15) is 85.0 Å². The van der Waals surface area contributed by atoms with Gasteiger partial charge in [-0.2, -0.15) is 0 Å². The number of aliphatic hydroxyl groups is 5. The second kappa shape index (κ2) is 11.1. The lowest BCUT2D eigenvalue weighted by Gasteiger charge is -2.62. The van der Waals surface area contributed by atoms with Gasteiger partial charge in [-0.05, 0) is 104 Å². The van der Waals surface area contributed by atoms with Gasteiger partial charge in [0.05, 0.1) is 12.2 Å². The molecule has 0 unspecified atom stereocenters. The van der Waals surface area contributed by atoms with Crippen LogP contribution in [0, 0.1) is 46.3 Å². The summed E-state index contributed by atoms with van der Waals surface area (Å²) in [5.41, 5.74) is 0.243. The van der Waals surface area contributed by atoms with Gasteiger partial charge in [-0.3, -0.25) is 4.79 Å². The van der Waals surface area contributed by atoms with Gasteiger partial charge in [0.2, 0.25) is 6.29 Å². The molecule has 1 saturated heterocycles. The maximum atomic E-state index is 12.7. The van der Waals surface area contributed by atoms with Gasteiger partial charge in [0, 0.05) is 6.42 Å². The summed E-state index contributed by atoms with van der Waals surface area (Å²) >= 11 is 0. The number of carboxylic acids is 1. The Balaban J connectivity index is 1.20. The molecule has 1 heterocycles. The lowest BCUT2D eigenvalue weighted by Crippen LogP contribution is -2.60. The smallest absolute Gasteiger partial charge is 0.335 e. The number of carboxylic acid groups (broad SMARTS) is 1. The lowest BCUT2D eigenvalue weighted by molar-refractivity contribution is -0.286. The van der Waals surface area contributed by atoms with Gasteiger partial charge < -0.3 is 40.1 Å². The molecule has 40 heavy (non-hydrogen) atoms. The Labute approximate surface area is 236 Å². The van der Waals surface area contributed by atoms with Crippen molar-refractivity contribution in [2.45, 2.75) is 128 Å². The van der Waals surface area contributed by atoms with Crippen LogP contribution in [-0.4, -0.2) is 85.5 Å². The van der Waals surface area contributed by atoms with Crippen LogP contribution in [0.4, 0.5) is 0 Å². The van der Waals surface area contributed by atoms with Crippen LogP contribution in [0.25, 0.3) is 0 Å². The van der Waals surface area contributed by atoms with Crippen molar-refractivity contribution in [2.24, 2.45) is 46.3 Å². The zero-order chi connectivity index (χ0) is 29.1. The number of ether oxygens (including phenoxy) is 2. The van der Waals surface area contributed by atoms with Gasteiger partial charge in [0.25, 0.3) is 0 Å². The van der Waals surface area contributed by atoms with E-state index >= 15 is 0 Å². The Hall–Kier alpha value is -1.30.